The van der Waals surface area contributed by atoms with Gasteiger partial charge in [0.25, 0.3) is 5.56 Å². The van der Waals surface area contributed by atoms with Crippen molar-refractivity contribution in [1.82, 2.24) is 9.55 Å². The van der Waals surface area contributed by atoms with Crippen LogP contribution < -0.4 is 10.7 Å². The normalized spacial score (nSPS) is 10.7. The third-order valence-electron chi connectivity index (χ3n) is 1.94. The first kappa shape index (κ1) is 9.85. The number of thiophene rings is 1. The number of aliphatic carboxylic acids is 1. The van der Waals surface area contributed by atoms with Crippen molar-refractivity contribution in [3.05, 3.63) is 27.6 Å². The zero-order valence-corrected chi connectivity index (χ0v) is 8.71. The summed E-state index contributed by atoms with van der Waals surface area (Å²) in [5.74, 6) is -1.30. The van der Waals surface area contributed by atoms with Gasteiger partial charge in [-0.25, -0.2) is 4.98 Å². The van der Waals surface area contributed by atoms with Gasteiger partial charge in [-0.3, -0.25) is 9.36 Å². The van der Waals surface area contributed by atoms with Gasteiger partial charge in [0.05, 0.1) is 24.2 Å². The highest BCUT2D eigenvalue weighted by Gasteiger charge is 2.06. The van der Waals surface area contributed by atoms with Crippen molar-refractivity contribution >= 4 is 27.5 Å². The fourth-order valence-corrected chi connectivity index (χ4v) is 2.17. The van der Waals surface area contributed by atoms with Crippen LogP contribution in [0.3, 0.4) is 0 Å². The monoisotopic (exact) mass is 223 g/mol. The van der Waals surface area contributed by atoms with Crippen LogP contribution in [0.1, 0.15) is 4.88 Å². The predicted molar refractivity (Wildman–Crippen MR) is 53.6 cm³/mol. The molecule has 0 unspecified atom stereocenters. The Bertz CT molecular complexity index is 585. The Kier molecular flexibility index (Phi) is 2.28. The topological polar surface area (TPSA) is 75.0 Å². The summed E-state index contributed by atoms with van der Waals surface area (Å²) in [5, 5.41) is 10.8. The molecule has 2 aromatic rings. The van der Waals surface area contributed by atoms with Crippen molar-refractivity contribution in [2.24, 2.45) is 0 Å². The molecule has 0 N–H and O–H groups in total. The molecule has 0 radical (unpaired) electrons. The molecule has 0 saturated heterocycles. The van der Waals surface area contributed by atoms with Gasteiger partial charge in [-0.15, -0.1) is 11.3 Å². The lowest BCUT2D eigenvalue weighted by molar-refractivity contribution is -0.306. The van der Waals surface area contributed by atoms with E-state index in [0.717, 1.165) is 9.44 Å². The van der Waals surface area contributed by atoms with Crippen molar-refractivity contribution in [3.8, 4) is 0 Å². The van der Waals surface area contributed by atoms with E-state index in [0.29, 0.717) is 10.2 Å². The minimum Gasteiger partial charge on any atom is -0.548 e. The summed E-state index contributed by atoms with van der Waals surface area (Å²) >= 11 is 1.41. The minimum atomic E-state index is -1.30. The number of carboxylic acid groups (broad SMARTS) is 1. The molecule has 0 atom stereocenters. The molecule has 0 aromatic carbocycles. The van der Waals surface area contributed by atoms with Crippen LogP contribution in [-0.4, -0.2) is 15.5 Å². The van der Waals surface area contributed by atoms with E-state index in [1.165, 1.54) is 17.7 Å². The number of hydrogen-bond acceptors (Lipinski definition) is 5. The average molecular weight is 223 g/mol. The summed E-state index contributed by atoms with van der Waals surface area (Å²) < 4.78 is 1.03. The molecule has 0 saturated carbocycles. The lowest BCUT2D eigenvalue weighted by Gasteiger charge is -2.04. The van der Waals surface area contributed by atoms with Crippen LogP contribution in [0.15, 0.2) is 17.2 Å². The zero-order chi connectivity index (χ0) is 11.0. The van der Waals surface area contributed by atoms with Crippen LogP contribution in [0.4, 0.5) is 0 Å². The van der Waals surface area contributed by atoms with Gasteiger partial charge >= 0.3 is 0 Å². The van der Waals surface area contributed by atoms with Crippen LogP contribution in [0.2, 0.25) is 0 Å². The van der Waals surface area contributed by atoms with Gasteiger partial charge in [-0.2, -0.15) is 0 Å². The van der Waals surface area contributed by atoms with Crippen molar-refractivity contribution in [2.45, 2.75) is 13.5 Å². The maximum absolute atomic E-state index is 11.7. The first-order valence-electron chi connectivity index (χ1n) is 4.23. The molecular formula is C9H7N2O3S-. The van der Waals surface area contributed by atoms with E-state index < -0.39 is 12.5 Å². The fourth-order valence-electron chi connectivity index (χ4n) is 1.33. The number of rotatable bonds is 2. The molecule has 0 aliphatic heterocycles. The van der Waals surface area contributed by atoms with E-state index in [1.54, 1.807) is 6.07 Å². The standard InChI is InChI=1S/C9H8N2O3S/c1-5-2-6-8(15-5)10-4-11(9(6)14)3-7(12)13/h2,4H,3H2,1H3,(H,12,13)/p-1. The highest BCUT2D eigenvalue weighted by molar-refractivity contribution is 7.18. The average Bonchev–Trinajstić information content (AvgIpc) is 2.51. The summed E-state index contributed by atoms with van der Waals surface area (Å²) in [6.45, 7) is 1.41. The lowest BCUT2D eigenvalue weighted by Crippen LogP contribution is -2.32. The van der Waals surface area contributed by atoms with Crippen molar-refractivity contribution < 1.29 is 9.90 Å². The Morgan fingerprint density at radius 3 is 3.07 bits per heavy atom. The molecule has 5 nitrogen and oxygen atoms in total. The van der Waals surface area contributed by atoms with Gasteiger partial charge in [-0.1, -0.05) is 0 Å². The van der Waals surface area contributed by atoms with Crippen molar-refractivity contribution in [3.63, 3.8) is 0 Å². The summed E-state index contributed by atoms with van der Waals surface area (Å²) in [6, 6.07) is 1.71. The molecular weight excluding hydrogens is 216 g/mol. The van der Waals surface area contributed by atoms with Crippen molar-refractivity contribution in [1.29, 1.82) is 0 Å². The minimum absolute atomic E-state index is 0.339. The summed E-state index contributed by atoms with van der Waals surface area (Å²) in [5.41, 5.74) is -0.339. The zero-order valence-electron chi connectivity index (χ0n) is 7.89. The van der Waals surface area contributed by atoms with Crippen LogP contribution in [0, 0.1) is 6.92 Å². The third kappa shape index (κ3) is 1.75. The van der Waals surface area contributed by atoms with E-state index in [4.69, 9.17) is 0 Å². The molecule has 0 bridgehead atoms. The molecule has 0 fully saturated rings. The molecule has 0 aliphatic rings. The molecule has 0 amide bonds. The number of aryl methyl sites for hydroxylation is 1. The smallest absolute Gasteiger partial charge is 0.262 e. The third-order valence-corrected chi connectivity index (χ3v) is 2.90. The van der Waals surface area contributed by atoms with Gasteiger partial charge in [-0.05, 0) is 13.0 Å². The number of nitrogens with zero attached hydrogens (tertiary/aromatic N) is 2. The molecule has 2 heterocycles. The first-order valence-corrected chi connectivity index (χ1v) is 5.05. The second-order valence-corrected chi connectivity index (χ2v) is 4.36. The molecule has 15 heavy (non-hydrogen) atoms. The summed E-state index contributed by atoms with van der Waals surface area (Å²) in [4.78, 5) is 27.7. The fraction of sp³-hybridized carbons (Fsp3) is 0.222. The van der Waals surface area contributed by atoms with Crippen LogP contribution in [0.5, 0.6) is 0 Å². The highest BCUT2D eigenvalue weighted by Crippen LogP contribution is 2.19. The van der Waals surface area contributed by atoms with Crippen LogP contribution in [0.25, 0.3) is 10.2 Å². The van der Waals surface area contributed by atoms with E-state index in [-0.39, 0.29) is 5.56 Å². The quantitative estimate of drug-likeness (QED) is 0.689. The van der Waals surface area contributed by atoms with Gasteiger partial charge < -0.3 is 9.90 Å². The van der Waals surface area contributed by atoms with Gasteiger partial charge in [0.1, 0.15) is 4.83 Å². The Morgan fingerprint density at radius 1 is 1.67 bits per heavy atom. The van der Waals surface area contributed by atoms with E-state index in [2.05, 4.69) is 4.98 Å². The van der Waals surface area contributed by atoms with Crippen LogP contribution >= 0.6 is 11.3 Å². The Hall–Kier alpha value is -1.69. The van der Waals surface area contributed by atoms with E-state index in [1.807, 2.05) is 6.92 Å². The highest BCUT2D eigenvalue weighted by atomic mass is 32.1. The second kappa shape index (κ2) is 3.47. The molecule has 2 aromatic heterocycles. The SMILES string of the molecule is Cc1cc2c(=O)n(CC(=O)[O-])cnc2s1. The second-order valence-electron chi connectivity index (χ2n) is 3.13. The summed E-state index contributed by atoms with van der Waals surface area (Å²) in [7, 11) is 0. The number of carboxylic acids is 1. The Morgan fingerprint density at radius 2 is 2.40 bits per heavy atom. The van der Waals surface area contributed by atoms with Crippen LogP contribution in [-0.2, 0) is 11.3 Å². The lowest BCUT2D eigenvalue weighted by atomic mass is 10.4. The number of aromatic nitrogens is 2. The maximum Gasteiger partial charge on any atom is 0.262 e. The number of carbonyl (C=O) groups is 1. The number of carbonyl (C=O) groups excluding carboxylic acids is 1. The Labute approximate surface area is 88.6 Å². The number of hydrogen-bond donors (Lipinski definition) is 0. The summed E-state index contributed by atoms with van der Waals surface area (Å²) in [6.07, 6.45) is 1.23. The van der Waals surface area contributed by atoms with Gasteiger partial charge in [0.15, 0.2) is 0 Å². The molecule has 0 aliphatic carbocycles. The molecule has 6 heteroatoms. The van der Waals surface area contributed by atoms with Crippen molar-refractivity contribution in [2.75, 3.05) is 0 Å². The number of fused-ring (bicyclic) bond motifs is 1. The van der Waals surface area contributed by atoms with Gasteiger partial charge in [0, 0.05) is 4.88 Å². The van der Waals surface area contributed by atoms with Gasteiger partial charge in [0.2, 0.25) is 0 Å². The first-order chi connectivity index (χ1) is 7.08. The van der Waals surface area contributed by atoms with E-state index >= 15 is 0 Å². The molecule has 2 rings (SSSR count). The van der Waals surface area contributed by atoms with E-state index in [9.17, 15) is 14.7 Å². The molecule has 78 valence electrons. The predicted octanol–water partition coefficient (Wildman–Crippen LogP) is -0.484. The molecule has 0 spiro atoms. The maximum atomic E-state index is 11.7. The Balaban J connectivity index is 2.64. The largest absolute Gasteiger partial charge is 0.548 e.